The van der Waals surface area contributed by atoms with Crippen LogP contribution in [0.1, 0.15) is 31.2 Å². The van der Waals surface area contributed by atoms with E-state index in [1.165, 1.54) is 36.9 Å². The van der Waals surface area contributed by atoms with Gasteiger partial charge in [-0.2, -0.15) is 0 Å². The average molecular weight is 452 g/mol. The summed E-state index contributed by atoms with van der Waals surface area (Å²) in [7, 11) is 1.68. The Hall–Kier alpha value is -2.93. The molecule has 176 valence electrons. The summed E-state index contributed by atoms with van der Waals surface area (Å²) in [5.41, 5.74) is 2.35. The third kappa shape index (κ3) is 5.03. The van der Waals surface area contributed by atoms with Gasteiger partial charge in [0.25, 0.3) is 0 Å². The lowest BCUT2D eigenvalue weighted by Gasteiger charge is -2.38. The van der Waals surface area contributed by atoms with Crippen molar-refractivity contribution in [2.45, 2.75) is 38.3 Å². The molecule has 33 heavy (non-hydrogen) atoms. The number of carbonyl (C=O) groups is 1. The zero-order valence-corrected chi connectivity index (χ0v) is 19.4. The van der Waals surface area contributed by atoms with Gasteiger partial charge < -0.3 is 24.0 Å². The molecule has 7 heteroatoms. The molecule has 3 aliphatic rings. The Labute approximate surface area is 195 Å². The second-order valence-corrected chi connectivity index (χ2v) is 9.10. The number of rotatable bonds is 7. The Morgan fingerprint density at radius 1 is 1.00 bits per heavy atom. The summed E-state index contributed by atoms with van der Waals surface area (Å²) in [5, 5.41) is 0. The van der Waals surface area contributed by atoms with E-state index in [0.717, 1.165) is 50.0 Å². The molecule has 1 saturated carbocycles. The topological polar surface area (TPSA) is 54.5 Å². The Balaban J connectivity index is 1.19. The lowest BCUT2D eigenvalue weighted by atomic mass is 10.1. The van der Waals surface area contributed by atoms with Crippen molar-refractivity contribution in [2.75, 3.05) is 51.5 Å². The molecule has 1 amide bonds. The summed E-state index contributed by atoms with van der Waals surface area (Å²) in [6.07, 6.45) is 4.83. The first-order valence-corrected chi connectivity index (χ1v) is 12.0. The number of amides is 1. The van der Waals surface area contributed by atoms with Crippen LogP contribution in [0.2, 0.25) is 0 Å². The average Bonchev–Trinajstić information content (AvgIpc) is 3.56. The molecule has 0 unspecified atom stereocenters. The number of benzene rings is 2. The maximum Gasteiger partial charge on any atom is 0.236 e. The van der Waals surface area contributed by atoms with E-state index in [1.807, 2.05) is 23.1 Å². The van der Waals surface area contributed by atoms with Gasteiger partial charge in [-0.05, 0) is 54.8 Å². The number of nitrogens with zero attached hydrogens (tertiary/aromatic N) is 3. The second-order valence-electron chi connectivity index (χ2n) is 9.10. The predicted octanol–water partition coefficient (Wildman–Crippen LogP) is 3.52. The zero-order chi connectivity index (χ0) is 22.6. The maximum atomic E-state index is 13.3. The van der Waals surface area contributed by atoms with Crippen molar-refractivity contribution in [1.29, 1.82) is 0 Å². The van der Waals surface area contributed by atoms with Crippen molar-refractivity contribution in [1.82, 2.24) is 9.80 Å². The minimum atomic E-state index is 0.233. The molecule has 2 aromatic carbocycles. The quantitative estimate of drug-likeness (QED) is 0.642. The Morgan fingerprint density at radius 2 is 1.73 bits per heavy atom. The molecule has 7 nitrogen and oxygen atoms in total. The van der Waals surface area contributed by atoms with Gasteiger partial charge >= 0.3 is 0 Å². The number of piperazine rings is 1. The molecule has 2 fully saturated rings. The molecule has 5 rings (SSSR count). The zero-order valence-electron chi connectivity index (χ0n) is 19.4. The summed E-state index contributed by atoms with van der Waals surface area (Å²) < 4.78 is 16.3. The first-order valence-electron chi connectivity index (χ1n) is 12.0. The lowest BCUT2D eigenvalue weighted by molar-refractivity contribution is -0.133. The minimum Gasteiger partial charge on any atom is -0.497 e. The highest BCUT2D eigenvalue weighted by Gasteiger charge is 2.28. The summed E-state index contributed by atoms with van der Waals surface area (Å²) >= 11 is 0. The van der Waals surface area contributed by atoms with Crippen LogP contribution in [0.4, 0.5) is 5.69 Å². The van der Waals surface area contributed by atoms with Gasteiger partial charge in [0, 0.05) is 44.5 Å². The fraction of sp³-hybridized carbons (Fsp3) is 0.500. The summed E-state index contributed by atoms with van der Waals surface area (Å²) in [6, 6.07) is 14.7. The van der Waals surface area contributed by atoms with Crippen LogP contribution in [-0.2, 0) is 11.3 Å². The number of ether oxygens (including phenoxy) is 3. The predicted molar refractivity (Wildman–Crippen MR) is 127 cm³/mol. The van der Waals surface area contributed by atoms with Crippen molar-refractivity contribution in [3.8, 4) is 17.2 Å². The van der Waals surface area contributed by atoms with Crippen LogP contribution in [-0.4, -0.2) is 68.4 Å². The Kier molecular flexibility index (Phi) is 6.58. The normalized spacial score (nSPS) is 18.2. The second kappa shape index (κ2) is 9.91. The van der Waals surface area contributed by atoms with E-state index in [-0.39, 0.29) is 12.7 Å². The number of methoxy groups -OCH3 is 1. The lowest BCUT2D eigenvalue weighted by Crippen LogP contribution is -2.52. The van der Waals surface area contributed by atoms with Crippen molar-refractivity contribution in [3.05, 3.63) is 48.0 Å². The Morgan fingerprint density at radius 3 is 2.45 bits per heavy atom. The first kappa shape index (κ1) is 21.9. The Bertz CT molecular complexity index is 951. The maximum absolute atomic E-state index is 13.3. The number of carbonyl (C=O) groups excluding carboxylic acids is 1. The van der Waals surface area contributed by atoms with Gasteiger partial charge in [0.05, 0.1) is 13.7 Å². The van der Waals surface area contributed by atoms with E-state index in [4.69, 9.17) is 14.2 Å². The molecular formula is C26H33N3O4. The molecule has 2 aromatic rings. The van der Waals surface area contributed by atoms with Gasteiger partial charge in [0.1, 0.15) is 5.75 Å². The number of hydrogen-bond acceptors (Lipinski definition) is 6. The monoisotopic (exact) mass is 451 g/mol. The summed E-state index contributed by atoms with van der Waals surface area (Å²) in [6.45, 7) is 4.74. The SMILES string of the molecule is COc1ccc(N2CCN(C(=O)CN(Cc3ccc4c(c3)OCO4)C3CCCC3)CC2)cc1. The van der Waals surface area contributed by atoms with E-state index in [2.05, 4.69) is 34.1 Å². The van der Waals surface area contributed by atoms with E-state index in [0.29, 0.717) is 12.6 Å². The molecule has 1 aliphatic carbocycles. The molecule has 0 aromatic heterocycles. The van der Waals surface area contributed by atoms with Gasteiger partial charge in [0.15, 0.2) is 11.5 Å². The van der Waals surface area contributed by atoms with Crippen molar-refractivity contribution < 1.29 is 19.0 Å². The third-order valence-corrected chi connectivity index (χ3v) is 7.07. The highest BCUT2D eigenvalue weighted by Crippen LogP contribution is 2.33. The molecule has 0 bridgehead atoms. The van der Waals surface area contributed by atoms with Crippen molar-refractivity contribution >= 4 is 11.6 Å². The first-order chi connectivity index (χ1) is 16.2. The van der Waals surface area contributed by atoms with E-state index < -0.39 is 0 Å². The third-order valence-electron chi connectivity index (χ3n) is 7.07. The number of fused-ring (bicyclic) bond motifs is 1. The molecule has 0 radical (unpaired) electrons. The van der Waals surface area contributed by atoms with Gasteiger partial charge in [-0.25, -0.2) is 0 Å². The molecular weight excluding hydrogens is 418 g/mol. The molecule has 0 atom stereocenters. The fourth-order valence-electron chi connectivity index (χ4n) is 5.14. The molecule has 0 spiro atoms. The fourth-order valence-corrected chi connectivity index (χ4v) is 5.14. The molecule has 2 heterocycles. The number of hydrogen-bond donors (Lipinski definition) is 0. The summed E-state index contributed by atoms with van der Waals surface area (Å²) in [5.74, 6) is 2.70. The largest absolute Gasteiger partial charge is 0.497 e. The van der Waals surface area contributed by atoms with Crippen LogP contribution in [0, 0.1) is 0 Å². The number of anilines is 1. The van der Waals surface area contributed by atoms with Crippen molar-refractivity contribution in [3.63, 3.8) is 0 Å². The molecule has 1 saturated heterocycles. The van der Waals surface area contributed by atoms with E-state index in [1.54, 1.807) is 7.11 Å². The highest BCUT2D eigenvalue weighted by molar-refractivity contribution is 5.78. The van der Waals surface area contributed by atoms with Gasteiger partial charge in [-0.3, -0.25) is 9.69 Å². The van der Waals surface area contributed by atoms with Gasteiger partial charge in [0.2, 0.25) is 12.7 Å². The van der Waals surface area contributed by atoms with E-state index in [9.17, 15) is 4.79 Å². The molecule has 2 aliphatic heterocycles. The van der Waals surface area contributed by atoms with E-state index >= 15 is 0 Å². The van der Waals surface area contributed by atoms with Crippen LogP contribution >= 0.6 is 0 Å². The highest BCUT2D eigenvalue weighted by atomic mass is 16.7. The van der Waals surface area contributed by atoms with Crippen LogP contribution in [0.5, 0.6) is 17.2 Å². The summed E-state index contributed by atoms with van der Waals surface area (Å²) in [4.78, 5) is 20.0. The minimum absolute atomic E-state index is 0.233. The van der Waals surface area contributed by atoms with Crippen LogP contribution in [0.15, 0.2) is 42.5 Å². The standard InChI is InChI=1S/C26H33N3O4/c1-31-23-9-7-22(8-10-23)27-12-14-28(15-13-27)26(30)18-29(21-4-2-3-5-21)17-20-6-11-24-25(16-20)33-19-32-24/h6-11,16,21H,2-5,12-15,17-19H2,1H3. The molecule has 0 N–H and O–H groups in total. The van der Waals surface area contributed by atoms with Gasteiger partial charge in [-0.15, -0.1) is 0 Å². The van der Waals surface area contributed by atoms with Crippen molar-refractivity contribution in [2.24, 2.45) is 0 Å². The van der Waals surface area contributed by atoms with Crippen LogP contribution in [0.25, 0.3) is 0 Å². The van der Waals surface area contributed by atoms with Crippen LogP contribution < -0.4 is 19.1 Å². The smallest absolute Gasteiger partial charge is 0.236 e. The van der Waals surface area contributed by atoms with Crippen LogP contribution in [0.3, 0.4) is 0 Å². The van der Waals surface area contributed by atoms with Gasteiger partial charge in [-0.1, -0.05) is 18.9 Å².